The SMILES string of the molecule is CCOC(=O)Oc1ccccc1N=Nc1ccc(NC(=O)CCN)nc1N. The number of ether oxygens (including phenoxy) is 2. The standard InChI is InChI=1S/C17H20N6O4/c1-2-26-17(25)27-13-6-4-3-5-11(13)22-23-12-7-8-14(21-16(12)19)20-15(24)9-10-18/h3-8H,2,9-10,18H2,1H3,(H3,19,20,21,24). The lowest BCUT2D eigenvalue weighted by Gasteiger charge is -2.07. The molecule has 0 atom stereocenters. The number of rotatable bonds is 7. The minimum absolute atomic E-state index is 0.0769. The smallest absolute Gasteiger partial charge is 0.434 e. The van der Waals surface area contributed by atoms with Gasteiger partial charge in [-0.25, -0.2) is 9.78 Å². The monoisotopic (exact) mass is 372 g/mol. The Morgan fingerprint density at radius 2 is 1.89 bits per heavy atom. The van der Waals surface area contributed by atoms with E-state index in [-0.39, 0.29) is 48.6 Å². The van der Waals surface area contributed by atoms with E-state index in [1.807, 2.05) is 0 Å². The first-order valence-corrected chi connectivity index (χ1v) is 8.15. The van der Waals surface area contributed by atoms with Crippen LogP contribution in [-0.2, 0) is 9.53 Å². The van der Waals surface area contributed by atoms with Crippen molar-refractivity contribution >= 4 is 35.1 Å². The second-order valence-electron chi connectivity index (χ2n) is 5.14. The summed E-state index contributed by atoms with van der Waals surface area (Å²) in [5.41, 5.74) is 11.8. The number of hydrogen-bond acceptors (Lipinski definition) is 9. The number of nitrogens with one attached hydrogen (secondary N) is 1. The van der Waals surface area contributed by atoms with Crippen LogP contribution in [0.25, 0.3) is 0 Å². The molecule has 2 rings (SSSR count). The number of pyridine rings is 1. The van der Waals surface area contributed by atoms with Crippen molar-refractivity contribution in [2.24, 2.45) is 16.0 Å². The number of aromatic nitrogens is 1. The summed E-state index contributed by atoms with van der Waals surface area (Å²) in [6.07, 6.45) is -0.654. The van der Waals surface area contributed by atoms with Crippen LogP contribution in [0.5, 0.6) is 5.75 Å². The molecular weight excluding hydrogens is 352 g/mol. The number of nitrogens with zero attached hydrogens (tertiary/aromatic N) is 3. The van der Waals surface area contributed by atoms with E-state index in [4.69, 9.17) is 20.9 Å². The van der Waals surface area contributed by atoms with Gasteiger partial charge in [0.25, 0.3) is 0 Å². The van der Waals surface area contributed by atoms with E-state index in [1.165, 1.54) is 0 Å². The predicted octanol–water partition coefficient (Wildman–Crippen LogP) is 2.90. The van der Waals surface area contributed by atoms with Crippen molar-refractivity contribution in [2.75, 3.05) is 24.2 Å². The molecule has 2 aromatic rings. The van der Waals surface area contributed by atoms with Gasteiger partial charge in [0, 0.05) is 13.0 Å². The van der Waals surface area contributed by atoms with Crippen LogP contribution in [0.1, 0.15) is 13.3 Å². The van der Waals surface area contributed by atoms with Gasteiger partial charge in [-0.1, -0.05) is 12.1 Å². The van der Waals surface area contributed by atoms with Gasteiger partial charge in [-0.2, -0.15) is 0 Å². The number of carbonyl (C=O) groups is 2. The first-order chi connectivity index (χ1) is 13.0. The van der Waals surface area contributed by atoms with Crippen LogP contribution >= 0.6 is 0 Å². The minimum Gasteiger partial charge on any atom is -0.434 e. The second kappa shape index (κ2) is 9.82. The van der Waals surface area contributed by atoms with Gasteiger partial charge < -0.3 is 26.3 Å². The minimum atomic E-state index is -0.834. The van der Waals surface area contributed by atoms with Crippen LogP contribution in [0, 0.1) is 0 Å². The maximum absolute atomic E-state index is 11.5. The molecule has 0 aliphatic carbocycles. The van der Waals surface area contributed by atoms with E-state index < -0.39 is 6.16 Å². The molecule has 0 aliphatic rings. The third kappa shape index (κ3) is 6.04. The van der Waals surface area contributed by atoms with Crippen molar-refractivity contribution in [3.05, 3.63) is 36.4 Å². The molecule has 10 nitrogen and oxygen atoms in total. The Kier molecular flexibility index (Phi) is 7.20. The zero-order valence-electron chi connectivity index (χ0n) is 14.7. The van der Waals surface area contributed by atoms with E-state index in [2.05, 4.69) is 20.5 Å². The van der Waals surface area contributed by atoms with Crippen molar-refractivity contribution in [1.29, 1.82) is 0 Å². The van der Waals surface area contributed by atoms with Crippen LogP contribution in [0.4, 0.5) is 27.8 Å². The molecule has 1 heterocycles. The van der Waals surface area contributed by atoms with Crippen LogP contribution in [-0.4, -0.2) is 30.2 Å². The maximum atomic E-state index is 11.5. The number of anilines is 2. The van der Waals surface area contributed by atoms with Gasteiger partial charge in [0.2, 0.25) is 5.91 Å². The Bertz CT molecular complexity index is 840. The average Bonchev–Trinajstić information content (AvgIpc) is 2.62. The molecule has 0 saturated heterocycles. The summed E-state index contributed by atoms with van der Waals surface area (Å²) in [6, 6.07) is 9.66. The Balaban J connectivity index is 2.14. The molecule has 142 valence electrons. The Labute approximate surface area is 155 Å². The number of para-hydroxylation sites is 1. The summed E-state index contributed by atoms with van der Waals surface area (Å²) in [5, 5.41) is 10.6. The molecule has 1 aromatic carbocycles. The highest BCUT2D eigenvalue weighted by atomic mass is 16.7. The normalized spacial score (nSPS) is 10.6. The molecule has 0 unspecified atom stereocenters. The molecule has 1 amide bonds. The van der Waals surface area contributed by atoms with E-state index in [1.54, 1.807) is 43.3 Å². The molecule has 0 fully saturated rings. The van der Waals surface area contributed by atoms with Crippen molar-refractivity contribution in [3.8, 4) is 5.75 Å². The molecular formula is C17H20N6O4. The average molecular weight is 372 g/mol. The van der Waals surface area contributed by atoms with Gasteiger partial charge in [-0.15, -0.1) is 10.2 Å². The molecule has 1 aromatic heterocycles. The third-order valence-electron chi connectivity index (χ3n) is 3.13. The zero-order valence-corrected chi connectivity index (χ0v) is 14.7. The lowest BCUT2D eigenvalue weighted by molar-refractivity contribution is -0.116. The van der Waals surface area contributed by atoms with Gasteiger partial charge in [-0.3, -0.25) is 4.79 Å². The lowest BCUT2D eigenvalue weighted by atomic mass is 10.3. The molecule has 10 heteroatoms. The fraction of sp³-hybridized carbons (Fsp3) is 0.235. The highest BCUT2D eigenvalue weighted by Crippen LogP contribution is 2.30. The number of amides is 1. The highest BCUT2D eigenvalue weighted by molar-refractivity contribution is 5.90. The van der Waals surface area contributed by atoms with Crippen LogP contribution in [0.15, 0.2) is 46.6 Å². The van der Waals surface area contributed by atoms with Gasteiger partial charge >= 0.3 is 6.16 Å². The number of azo groups is 1. The first kappa shape index (κ1) is 19.8. The first-order valence-electron chi connectivity index (χ1n) is 8.15. The zero-order chi connectivity index (χ0) is 19.6. The summed E-state index contributed by atoms with van der Waals surface area (Å²) in [4.78, 5) is 27.1. The van der Waals surface area contributed by atoms with Gasteiger partial charge in [0.1, 0.15) is 17.2 Å². The fourth-order valence-corrected chi connectivity index (χ4v) is 1.93. The molecule has 0 saturated carbocycles. The van der Waals surface area contributed by atoms with Crippen molar-refractivity contribution in [3.63, 3.8) is 0 Å². The fourth-order valence-electron chi connectivity index (χ4n) is 1.93. The maximum Gasteiger partial charge on any atom is 0.513 e. The molecule has 0 spiro atoms. The summed E-state index contributed by atoms with van der Waals surface area (Å²) in [7, 11) is 0. The molecule has 5 N–H and O–H groups in total. The molecule has 27 heavy (non-hydrogen) atoms. The van der Waals surface area contributed by atoms with Crippen LogP contribution in [0.2, 0.25) is 0 Å². The van der Waals surface area contributed by atoms with Crippen LogP contribution < -0.4 is 21.5 Å². The predicted molar refractivity (Wildman–Crippen MR) is 99.2 cm³/mol. The van der Waals surface area contributed by atoms with Crippen LogP contribution in [0.3, 0.4) is 0 Å². The van der Waals surface area contributed by atoms with Gasteiger partial charge in [-0.05, 0) is 31.2 Å². The number of benzene rings is 1. The summed E-state index contributed by atoms with van der Waals surface area (Å²) < 4.78 is 9.81. The molecule has 0 aliphatic heterocycles. The summed E-state index contributed by atoms with van der Waals surface area (Å²) >= 11 is 0. The van der Waals surface area contributed by atoms with Gasteiger partial charge in [0.15, 0.2) is 11.6 Å². The number of nitrogens with two attached hydrogens (primary N) is 2. The largest absolute Gasteiger partial charge is 0.513 e. The molecule has 0 bridgehead atoms. The van der Waals surface area contributed by atoms with E-state index >= 15 is 0 Å². The van der Waals surface area contributed by atoms with Gasteiger partial charge in [0.05, 0.1) is 6.61 Å². The Morgan fingerprint density at radius 3 is 2.59 bits per heavy atom. The lowest BCUT2D eigenvalue weighted by Crippen LogP contribution is -2.17. The summed E-state index contributed by atoms with van der Waals surface area (Å²) in [6.45, 7) is 2.10. The number of carbonyl (C=O) groups excluding carboxylic acids is 2. The van der Waals surface area contributed by atoms with E-state index in [9.17, 15) is 9.59 Å². The number of hydrogen-bond donors (Lipinski definition) is 3. The van der Waals surface area contributed by atoms with Crippen molar-refractivity contribution < 1.29 is 19.1 Å². The third-order valence-corrected chi connectivity index (χ3v) is 3.13. The highest BCUT2D eigenvalue weighted by Gasteiger charge is 2.10. The topological polar surface area (TPSA) is 154 Å². The quantitative estimate of drug-likeness (QED) is 0.383. The van der Waals surface area contributed by atoms with E-state index in [0.717, 1.165) is 0 Å². The molecule has 0 radical (unpaired) electrons. The second-order valence-corrected chi connectivity index (χ2v) is 5.14. The summed E-state index contributed by atoms with van der Waals surface area (Å²) in [5.74, 6) is 0.296. The van der Waals surface area contributed by atoms with Crippen molar-refractivity contribution in [1.82, 2.24) is 4.98 Å². The van der Waals surface area contributed by atoms with Crippen molar-refractivity contribution in [2.45, 2.75) is 13.3 Å². The Hall–Kier alpha value is -3.53. The Morgan fingerprint density at radius 1 is 1.15 bits per heavy atom. The van der Waals surface area contributed by atoms with E-state index in [0.29, 0.717) is 5.69 Å². The number of nitrogen functional groups attached to an aromatic ring is 1.